The first kappa shape index (κ1) is 20.1. The summed E-state index contributed by atoms with van der Waals surface area (Å²) in [4.78, 5) is 24.5. The maximum absolute atomic E-state index is 12.4. The highest BCUT2D eigenvalue weighted by atomic mass is 16.6. The molecule has 0 saturated heterocycles. The number of rotatable bonds is 7. The minimum atomic E-state index is -0.759. The van der Waals surface area contributed by atoms with Crippen molar-refractivity contribution < 1.29 is 19.1 Å². The third-order valence-corrected chi connectivity index (χ3v) is 4.38. The van der Waals surface area contributed by atoms with Crippen LogP contribution in [0.5, 0.6) is 5.75 Å². The van der Waals surface area contributed by atoms with Crippen molar-refractivity contribution in [2.24, 2.45) is 0 Å². The van der Waals surface area contributed by atoms with Gasteiger partial charge in [-0.25, -0.2) is 4.79 Å². The zero-order chi connectivity index (χ0) is 20.6. The lowest BCUT2D eigenvalue weighted by atomic mass is 10.1. The van der Waals surface area contributed by atoms with Crippen LogP contribution in [0.4, 0.5) is 5.69 Å². The van der Waals surface area contributed by atoms with Gasteiger partial charge in [0.25, 0.3) is 5.91 Å². The van der Waals surface area contributed by atoms with Gasteiger partial charge in [-0.15, -0.1) is 0 Å². The molecule has 29 heavy (non-hydrogen) atoms. The van der Waals surface area contributed by atoms with Crippen molar-refractivity contribution in [2.75, 3.05) is 5.32 Å². The number of benzene rings is 3. The van der Waals surface area contributed by atoms with Gasteiger partial charge in [-0.1, -0.05) is 48.5 Å². The van der Waals surface area contributed by atoms with Crippen LogP contribution in [0.15, 0.2) is 78.9 Å². The van der Waals surface area contributed by atoms with E-state index in [1.165, 1.54) is 0 Å². The predicted molar refractivity (Wildman–Crippen MR) is 112 cm³/mol. The van der Waals surface area contributed by atoms with Crippen molar-refractivity contribution in [2.45, 2.75) is 26.6 Å². The maximum Gasteiger partial charge on any atom is 0.347 e. The Kier molecular flexibility index (Phi) is 6.63. The van der Waals surface area contributed by atoms with Gasteiger partial charge in [0.15, 0.2) is 6.10 Å². The highest BCUT2D eigenvalue weighted by Gasteiger charge is 2.17. The Bertz CT molecular complexity index is 968. The molecule has 0 aliphatic rings. The van der Waals surface area contributed by atoms with Crippen LogP contribution in [-0.4, -0.2) is 18.0 Å². The first-order valence-electron chi connectivity index (χ1n) is 9.37. The Morgan fingerprint density at radius 3 is 2.24 bits per heavy atom. The molecule has 3 aromatic carbocycles. The molecule has 1 N–H and O–H groups in total. The fourth-order valence-electron chi connectivity index (χ4n) is 2.69. The van der Waals surface area contributed by atoms with Gasteiger partial charge < -0.3 is 14.8 Å². The molecule has 0 bridgehead atoms. The van der Waals surface area contributed by atoms with Crippen LogP contribution in [0.2, 0.25) is 0 Å². The quantitative estimate of drug-likeness (QED) is 0.592. The molecule has 0 heterocycles. The zero-order valence-electron chi connectivity index (χ0n) is 16.4. The molecule has 0 spiro atoms. The highest BCUT2D eigenvalue weighted by Crippen LogP contribution is 2.18. The summed E-state index contributed by atoms with van der Waals surface area (Å²) in [5.41, 5.74) is 3.17. The van der Waals surface area contributed by atoms with Crippen LogP contribution >= 0.6 is 0 Å². The molecule has 1 atom stereocenters. The van der Waals surface area contributed by atoms with Crippen LogP contribution < -0.4 is 10.1 Å². The third kappa shape index (κ3) is 5.69. The number of hydrogen-bond donors (Lipinski definition) is 1. The molecule has 0 aliphatic heterocycles. The fraction of sp³-hybridized carbons (Fsp3) is 0.167. The predicted octanol–water partition coefficient (Wildman–Crippen LogP) is 4.76. The van der Waals surface area contributed by atoms with Crippen molar-refractivity contribution in [1.82, 2.24) is 0 Å². The number of carbonyl (C=O) groups is 2. The third-order valence-electron chi connectivity index (χ3n) is 4.38. The second-order valence-corrected chi connectivity index (χ2v) is 6.65. The number of anilines is 1. The molecule has 148 valence electrons. The minimum absolute atomic E-state index is 0.200. The van der Waals surface area contributed by atoms with Crippen LogP contribution in [-0.2, 0) is 16.1 Å². The molecule has 5 nitrogen and oxygen atoms in total. The monoisotopic (exact) mass is 389 g/mol. The van der Waals surface area contributed by atoms with E-state index in [9.17, 15) is 9.59 Å². The van der Waals surface area contributed by atoms with E-state index in [4.69, 9.17) is 9.47 Å². The van der Waals surface area contributed by atoms with Gasteiger partial charge in [-0.3, -0.25) is 4.79 Å². The number of ether oxygens (including phenoxy) is 2. The van der Waals surface area contributed by atoms with Gasteiger partial charge >= 0.3 is 5.97 Å². The largest absolute Gasteiger partial charge is 0.479 e. The summed E-state index contributed by atoms with van der Waals surface area (Å²) in [7, 11) is 0. The molecule has 3 aromatic rings. The SMILES string of the molecule is Cc1ccccc1NC(=O)c1ccc(O[C@@H](C)C(=O)OCc2ccccc2)cc1. The molecule has 0 radical (unpaired) electrons. The summed E-state index contributed by atoms with van der Waals surface area (Å²) >= 11 is 0. The number of nitrogens with one attached hydrogen (secondary N) is 1. The van der Waals surface area contributed by atoms with Gasteiger partial charge in [-0.2, -0.15) is 0 Å². The lowest BCUT2D eigenvalue weighted by Gasteiger charge is -2.14. The standard InChI is InChI=1S/C24H23NO4/c1-17-8-6-7-11-22(17)25-23(26)20-12-14-21(15-13-20)29-18(2)24(27)28-16-19-9-4-3-5-10-19/h3-15,18H,16H2,1-2H3,(H,25,26)/t18-/m0/s1. The summed E-state index contributed by atoms with van der Waals surface area (Å²) in [6, 6.07) is 23.7. The molecule has 3 rings (SSSR count). The number of hydrogen-bond acceptors (Lipinski definition) is 4. The first-order chi connectivity index (χ1) is 14.0. The molecule has 5 heteroatoms. The average Bonchev–Trinajstić information content (AvgIpc) is 2.74. The topological polar surface area (TPSA) is 64.6 Å². The van der Waals surface area contributed by atoms with Crippen molar-refractivity contribution >= 4 is 17.6 Å². The first-order valence-corrected chi connectivity index (χ1v) is 9.37. The van der Waals surface area contributed by atoms with E-state index in [2.05, 4.69) is 5.32 Å². The second kappa shape index (κ2) is 9.55. The lowest BCUT2D eigenvalue weighted by molar-refractivity contribution is -0.152. The number of para-hydroxylation sites is 1. The lowest BCUT2D eigenvalue weighted by Crippen LogP contribution is -2.26. The van der Waals surface area contributed by atoms with Gasteiger partial charge in [0.1, 0.15) is 12.4 Å². The Labute approximate surface area is 170 Å². The van der Waals surface area contributed by atoms with E-state index in [0.717, 1.165) is 16.8 Å². The van der Waals surface area contributed by atoms with Gasteiger partial charge in [-0.05, 0) is 55.3 Å². The molecule has 0 aliphatic carbocycles. The van der Waals surface area contributed by atoms with Crippen LogP contribution in [0.1, 0.15) is 28.4 Å². The van der Waals surface area contributed by atoms with Gasteiger partial charge in [0.2, 0.25) is 0 Å². The van der Waals surface area contributed by atoms with E-state index in [1.807, 2.05) is 61.5 Å². The zero-order valence-corrected chi connectivity index (χ0v) is 16.4. The normalized spacial score (nSPS) is 11.4. The maximum atomic E-state index is 12.4. The summed E-state index contributed by atoms with van der Waals surface area (Å²) in [5.74, 6) is -0.169. The Morgan fingerprint density at radius 2 is 1.55 bits per heavy atom. The van der Waals surface area contributed by atoms with E-state index in [1.54, 1.807) is 31.2 Å². The Morgan fingerprint density at radius 1 is 0.897 bits per heavy atom. The number of aryl methyl sites for hydroxylation is 1. The Hall–Kier alpha value is -3.60. The van der Waals surface area contributed by atoms with Gasteiger partial charge in [0, 0.05) is 11.3 Å². The number of carbonyl (C=O) groups excluding carboxylic acids is 2. The van der Waals surface area contributed by atoms with E-state index in [0.29, 0.717) is 11.3 Å². The molecule has 0 aromatic heterocycles. The molecule has 1 amide bonds. The summed E-state index contributed by atoms with van der Waals surface area (Å²) in [5, 5.41) is 2.88. The van der Waals surface area contributed by atoms with Crippen LogP contribution in [0.25, 0.3) is 0 Å². The van der Waals surface area contributed by atoms with Crippen LogP contribution in [0, 0.1) is 6.92 Å². The number of amides is 1. The molecular weight excluding hydrogens is 366 g/mol. The van der Waals surface area contributed by atoms with E-state index < -0.39 is 12.1 Å². The minimum Gasteiger partial charge on any atom is -0.479 e. The highest BCUT2D eigenvalue weighted by molar-refractivity contribution is 6.04. The smallest absolute Gasteiger partial charge is 0.347 e. The summed E-state index contributed by atoms with van der Waals surface area (Å²) < 4.78 is 10.9. The van der Waals surface area contributed by atoms with Gasteiger partial charge in [0.05, 0.1) is 0 Å². The summed E-state index contributed by atoms with van der Waals surface area (Å²) in [6.07, 6.45) is -0.759. The van der Waals surface area contributed by atoms with Crippen molar-refractivity contribution in [3.63, 3.8) is 0 Å². The van der Waals surface area contributed by atoms with Crippen LogP contribution in [0.3, 0.4) is 0 Å². The average molecular weight is 389 g/mol. The molecule has 0 fully saturated rings. The fourth-order valence-corrected chi connectivity index (χ4v) is 2.69. The molecular formula is C24H23NO4. The van der Waals surface area contributed by atoms with E-state index >= 15 is 0 Å². The van der Waals surface area contributed by atoms with Crippen molar-refractivity contribution in [3.05, 3.63) is 95.6 Å². The Balaban J connectivity index is 1.53. The molecule has 0 unspecified atom stereocenters. The number of esters is 1. The molecule has 0 saturated carbocycles. The second-order valence-electron chi connectivity index (χ2n) is 6.65. The van der Waals surface area contributed by atoms with E-state index in [-0.39, 0.29) is 12.5 Å². The summed E-state index contributed by atoms with van der Waals surface area (Å²) in [6.45, 7) is 3.77. The van der Waals surface area contributed by atoms with Crippen molar-refractivity contribution in [1.29, 1.82) is 0 Å². The van der Waals surface area contributed by atoms with Crippen molar-refractivity contribution in [3.8, 4) is 5.75 Å².